The predicted molar refractivity (Wildman–Crippen MR) is 147 cm³/mol. The Kier molecular flexibility index (Phi) is 6.64. The average molecular weight is 508 g/mol. The lowest BCUT2D eigenvalue weighted by atomic mass is 9.50. The standard InChI is InChI=1S/C31H45NO3Si/c1-20(2)29(28(34)21-10-8-7-9-11-21)36(5,6)35-26-15-13-23-22-12-14-25-30(3,19-17-27(33)32-25)24(22)16-18-31(23,26)4/h7-11,14,20,22-24,26,29H,12-13,15-19H2,1-6H3,(H,32,33)/t22-,23-,24+,26?,29?,30+,31-/m0/s1. The van der Waals surface area contributed by atoms with Crippen LogP contribution in [0.2, 0.25) is 18.6 Å². The molecule has 2 unspecified atom stereocenters. The molecule has 0 spiro atoms. The highest BCUT2D eigenvalue weighted by Gasteiger charge is 2.60. The van der Waals surface area contributed by atoms with Crippen molar-refractivity contribution in [3.63, 3.8) is 0 Å². The Bertz CT molecular complexity index is 1050. The molecule has 0 aromatic heterocycles. The largest absolute Gasteiger partial charge is 0.413 e. The summed E-state index contributed by atoms with van der Waals surface area (Å²) >= 11 is 0. The van der Waals surface area contributed by atoms with Crippen LogP contribution in [-0.4, -0.2) is 26.1 Å². The second kappa shape index (κ2) is 9.23. The van der Waals surface area contributed by atoms with E-state index in [0.29, 0.717) is 24.2 Å². The summed E-state index contributed by atoms with van der Waals surface area (Å²) in [6, 6.07) is 9.80. The third kappa shape index (κ3) is 4.15. The van der Waals surface area contributed by atoms with Crippen molar-refractivity contribution in [2.75, 3.05) is 0 Å². The highest BCUT2D eigenvalue weighted by molar-refractivity contribution is 6.76. The lowest BCUT2D eigenvalue weighted by Crippen LogP contribution is -2.55. The highest BCUT2D eigenvalue weighted by Crippen LogP contribution is 2.64. The molecule has 3 aliphatic carbocycles. The van der Waals surface area contributed by atoms with Gasteiger partial charge in [-0.15, -0.1) is 0 Å². The summed E-state index contributed by atoms with van der Waals surface area (Å²) in [6.07, 6.45) is 10.0. The molecule has 3 fully saturated rings. The third-order valence-electron chi connectivity index (χ3n) is 10.7. The van der Waals surface area contributed by atoms with Gasteiger partial charge in [0.15, 0.2) is 14.1 Å². The molecule has 0 bridgehead atoms. The smallest absolute Gasteiger partial charge is 0.224 e. The fourth-order valence-corrected chi connectivity index (χ4v) is 12.7. The highest BCUT2D eigenvalue weighted by atomic mass is 28.4. The van der Waals surface area contributed by atoms with E-state index in [1.165, 1.54) is 25.0 Å². The van der Waals surface area contributed by atoms with E-state index in [1.807, 2.05) is 30.3 Å². The molecule has 1 aromatic rings. The monoisotopic (exact) mass is 507 g/mol. The molecule has 1 aromatic carbocycles. The zero-order chi connectivity index (χ0) is 25.9. The number of piperidine rings is 1. The third-order valence-corrected chi connectivity index (χ3v) is 14.0. The summed E-state index contributed by atoms with van der Waals surface area (Å²) in [5.41, 5.74) is 2.23. The molecule has 36 heavy (non-hydrogen) atoms. The molecule has 5 heteroatoms. The number of hydrogen-bond acceptors (Lipinski definition) is 3. The second-order valence-electron chi connectivity index (χ2n) is 13.5. The molecular formula is C31H45NO3Si. The van der Waals surface area contributed by atoms with E-state index in [4.69, 9.17) is 4.43 Å². The number of benzene rings is 1. The van der Waals surface area contributed by atoms with E-state index in [0.717, 1.165) is 24.8 Å². The van der Waals surface area contributed by atoms with Crippen LogP contribution in [0.4, 0.5) is 0 Å². The first-order valence-electron chi connectivity index (χ1n) is 14.2. The Balaban J connectivity index is 1.37. The number of hydrogen-bond donors (Lipinski definition) is 1. The van der Waals surface area contributed by atoms with Gasteiger partial charge in [-0.3, -0.25) is 9.59 Å². The van der Waals surface area contributed by atoms with Crippen LogP contribution in [-0.2, 0) is 9.22 Å². The van der Waals surface area contributed by atoms with Crippen molar-refractivity contribution in [1.29, 1.82) is 0 Å². The summed E-state index contributed by atoms with van der Waals surface area (Å²) in [5, 5.41) is 3.22. The molecule has 1 saturated heterocycles. The molecule has 0 radical (unpaired) electrons. The van der Waals surface area contributed by atoms with Gasteiger partial charge in [0.05, 0.1) is 6.10 Å². The fourth-order valence-electron chi connectivity index (χ4n) is 8.98. The van der Waals surface area contributed by atoms with Crippen LogP contribution in [0.3, 0.4) is 0 Å². The zero-order valence-corrected chi connectivity index (χ0v) is 24.1. The molecule has 2 saturated carbocycles. The van der Waals surface area contributed by atoms with Crippen molar-refractivity contribution in [2.45, 2.75) is 97.4 Å². The number of rotatable bonds is 6. The van der Waals surface area contributed by atoms with Crippen molar-refractivity contribution in [3.05, 3.63) is 47.7 Å². The minimum absolute atomic E-state index is 0.0520. The first-order chi connectivity index (χ1) is 17.0. The van der Waals surface area contributed by atoms with Gasteiger partial charge in [-0.1, -0.05) is 64.1 Å². The topological polar surface area (TPSA) is 55.4 Å². The normalized spacial score (nSPS) is 36.9. The SMILES string of the molecule is CC(C)C(C(=O)c1ccccc1)[Si](C)(C)OC1CC[C@H]2[C@@H]3CC=C4NC(=O)CC[C@]4(C)[C@@H]3CC[C@]12C. The van der Waals surface area contributed by atoms with E-state index < -0.39 is 8.32 Å². The number of fused-ring (bicyclic) bond motifs is 5. The molecule has 7 atom stereocenters. The van der Waals surface area contributed by atoms with Gasteiger partial charge in [0.1, 0.15) is 0 Å². The minimum Gasteiger partial charge on any atom is -0.413 e. The maximum absolute atomic E-state index is 13.7. The molecule has 4 nitrogen and oxygen atoms in total. The Morgan fingerprint density at radius 1 is 1.06 bits per heavy atom. The lowest BCUT2D eigenvalue weighted by molar-refractivity contribution is -0.125. The quantitative estimate of drug-likeness (QED) is 0.329. The fraction of sp³-hybridized carbons (Fsp3) is 0.677. The van der Waals surface area contributed by atoms with Gasteiger partial charge in [0, 0.05) is 28.6 Å². The van der Waals surface area contributed by atoms with Crippen LogP contribution >= 0.6 is 0 Å². The summed E-state index contributed by atoms with van der Waals surface area (Å²) in [5.74, 6) is 2.65. The molecule has 1 heterocycles. The number of carbonyl (C=O) groups is 2. The van der Waals surface area contributed by atoms with Gasteiger partial charge in [-0.05, 0) is 80.7 Å². The van der Waals surface area contributed by atoms with Gasteiger partial charge >= 0.3 is 0 Å². The summed E-state index contributed by atoms with van der Waals surface area (Å²) < 4.78 is 7.21. The van der Waals surface area contributed by atoms with Gasteiger partial charge in [-0.25, -0.2) is 0 Å². The van der Waals surface area contributed by atoms with Crippen molar-refractivity contribution < 1.29 is 14.0 Å². The maximum Gasteiger partial charge on any atom is 0.224 e. The van der Waals surface area contributed by atoms with Crippen molar-refractivity contribution in [1.82, 2.24) is 5.32 Å². The molecule has 1 aliphatic heterocycles. The number of allylic oxidation sites excluding steroid dienone is 2. The zero-order valence-electron chi connectivity index (χ0n) is 23.1. The maximum atomic E-state index is 13.7. The molecular weight excluding hydrogens is 462 g/mol. The Morgan fingerprint density at radius 2 is 1.78 bits per heavy atom. The number of carbonyl (C=O) groups excluding carboxylic acids is 2. The first-order valence-corrected chi connectivity index (χ1v) is 17.2. The number of ketones is 1. The summed E-state index contributed by atoms with van der Waals surface area (Å²) in [6.45, 7) is 13.8. The van der Waals surface area contributed by atoms with E-state index in [-0.39, 0.29) is 40.1 Å². The van der Waals surface area contributed by atoms with Gasteiger partial charge in [0.25, 0.3) is 0 Å². The van der Waals surface area contributed by atoms with Crippen LogP contribution in [0, 0.1) is 34.5 Å². The van der Waals surface area contributed by atoms with Gasteiger partial charge in [-0.2, -0.15) is 0 Å². The van der Waals surface area contributed by atoms with E-state index in [1.54, 1.807) is 0 Å². The Labute approximate surface area is 218 Å². The van der Waals surface area contributed by atoms with Crippen LogP contribution in [0.25, 0.3) is 0 Å². The van der Waals surface area contributed by atoms with Crippen LogP contribution in [0.1, 0.15) is 83.0 Å². The van der Waals surface area contributed by atoms with Gasteiger partial charge < -0.3 is 9.74 Å². The first kappa shape index (κ1) is 25.9. The second-order valence-corrected chi connectivity index (χ2v) is 17.5. The van der Waals surface area contributed by atoms with Crippen molar-refractivity contribution in [3.8, 4) is 0 Å². The summed E-state index contributed by atoms with van der Waals surface area (Å²) in [7, 11) is -2.33. The van der Waals surface area contributed by atoms with Crippen molar-refractivity contribution >= 4 is 20.0 Å². The number of amides is 1. The number of nitrogens with one attached hydrogen (secondary N) is 1. The van der Waals surface area contributed by atoms with Crippen LogP contribution < -0.4 is 5.32 Å². The molecule has 4 aliphatic rings. The lowest BCUT2D eigenvalue weighted by Gasteiger charge is -2.57. The van der Waals surface area contributed by atoms with Crippen molar-refractivity contribution in [2.24, 2.45) is 34.5 Å². The van der Waals surface area contributed by atoms with E-state index >= 15 is 0 Å². The van der Waals surface area contributed by atoms with Crippen LogP contribution in [0.5, 0.6) is 0 Å². The Hall–Kier alpha value is -1.72. The van der Waals surface area contributed by atoms with Gasteiger partial charge in [0.2, 0.25) is 5.91 Å². The number of Topliss-reactive ketones (excluding diaryl/α,β-unsaturated/α-hetero) is 1. The van der Waals surface area contributed by atoms with E-state index in [2.05, 4.69) is 52.2 Å². The van der Waals surface area contributed by atoms with E-state index in [9.17, 15) is 9.59 Å². The predicted octanol–water partition coefficient (Wildman–Crippen LogP) is 7.13. The Morgan fingerprint density at radius 3 is 2.47 bits per heavy atom. The van der Waals surface area contributed by atoms with Crippen LogP contribution in [0.15, 0.2) is 42.1 Å². The molecule has 1 N–H and O–H groups in total. The molecule has 5 rings (SSSR count). The molecule has 196 valence electrons. The summed E-state index contributed by atoms with van der Waals surface area (Å²) in [4.78, 5) is 25.8. The average Bonchev–Trinajstić information content (AvgIpc) is 3.15. The molecule has 1 amide bonds. The minimum atomic E-state index is -2.33.